The molecule has 0 unspecified atom stereocenters. The van der Waals surface area contributed by atoms with E-state index in [1.54, 1.807) is 28.8 Å². The van der Waals surface area contributed by atoms with Crippen molar-refractivity contribution in [2.45, 2.75) is 25.8 Å². The Bertz CT molecular complexity index is 996. The summed E-state index contributed by atoms with van der Waals surface area (Å²) in [6.07, 6.45) is 3.09. The molecular weight excluding hydrogens is 378 g/mol. The smallest absolute Gasteiger partial charge is 0.233 e. The summed E-state index contributed by atoms with van der Waals surface area (Å²) < 4.78 is 0. The molecule has 138 valence electrons. The maximum Gasteiger partial charge on any atom is 0.233 e. The quantitative estimate of drug-likeness (QED) is 0.651. The Hall–Kier alpha value is -2.24. The Morgan fingerprint density at radius 1 is 1.26 bits per heavy atom. The average molecular weight is 398 g/mol. The van der Waals surface area contributed by atoms with Crippen molar-refractivity contribution >= 4 is 51.0 Å². The number of nitrogens with zero attached hydrogens (tertiary/aromatic N) is 2. The molecule has 1 aliphatic heterocycles. The van der Waals surface area contributed by atoms with Gasteiger partial charge in [0.15, 0.2) is 5.17 Å². The number of aromatic amines is 1. The number of halogens is 1. The van der Waals surface area contributed by atoms with Gasteiger partial charge >= 0.3 is 0 Å². The molecular formula is C21H20ClN3OS. The fourth-order valence-electron chi connectivity index (χ4n) is 3.22. The number of thioether (sulfide) groups is 1. The summed E-state index contributed by atoms with van der Waals surface area (Å²) in [6.45, 7) is 2.07. The first-order valence-corrected chi connectivity index (χ1v) is 10.3. The van der Waals surface area contributed by atoms with Gasteiger partial charge in [-0.2, -0.15) is 0 Å². The second-order valence-electron chi connectivity index (χ2n) is 6.64. The standard InChI is InChI=1S/C21H20ClN3OS/c1-14-13-27-21(24-14)25(17-9-7-16(22)8-10-17)20(26)11-6-15-12-23-19-5-3-2-4-18(15)19/h2-5,7-10,12,14,23H,6,11,13H2,1H3/t14-/m1/s1. The summed E-state index contributed by atoms with van der Waals surface area (Å²) in [5.74, 6) is 0.942. The molecule has 27 heavy (non-hydrogen) atoms. The number of aryl methyl sites for hydroxylation is 1. The monoisotopic (exact) mass is 397 g/mol. The van der Waals surface area contributed by atoms with E-state index >= 15 is 0 Å². The van der Waals surface area contributed by atoms with E-state index in [0.29, 0.717) is 17.9 Å². The van der Waals surface area contributed by atoms with Crippen molar-refractivity contribution in [3.8, 4) is 0 Å². The second kappa shape index (κ2) is 7.79. The van der Waals surface area contributed by atoms with Gasteiger partial charge in [-0.15, -0.1) is 0 Å². The number of aliphatic imine (C=N–C) groups is 1. The van der Waals surface area contributed by atoms with Crippen LogP contribution in [-0.2, 0) is 11.2 Å². The van der Waals surface area contributed by atoms with Crippen LogP contribution in [0, 0.1) is 0 Å². The van der Waals surface area contributed by atoms with Gasteiger partial charge in [0.05, 0.1) is 11.7 Å². The van der Waals surface area contributed by atoms with E-state index < -0.39 is 0 Å². The van der Waals surface area contributed by atoms with Gasteiger partial charge < -0.3 is 4.98 Å². The molecule has 1 N–H and O–H groups in total. The van der Waals surface area contributed by atoms with Gasteiger partial charge in [-0.05, 0) is 49.2 Å². The number of carbonyl (C=O) groups excluding carboxylic acids is 1. The van der Waals surface area contributed by atoms with E-state index in [-0.39, 0.29) is 11.9 Å². The topological polar surface area (TPSA) is 48.5 Å². The largest absolute Gasteiger partial charge is 0.361 e. The van der Waals surface area contributed by atoms with Crippen LogP contribution >= 0.6 is 23.4 Å². The number of amidine groups is 1. The molecule has 0 saturated carbocycles. The molecule has 2 heterocycles. The van der Waals surface area contributed by atoms with E-state index in [1.807, 2.05) is 36.5 Å². The Labute approximate surface area is 167 Å². The van der Waals surface area contributed by atoms with E-state index in [1.165, 1.54) is 5.39 Å². The number of carbonyl (C=O) groups is 1. The van der Waals surface area contributed by atoms with Crippen molar-refractivity contribution < 1.29 is 4.79 Å². The van der Waals surface area contributed by atoms with Crippen LogP contribution in [0.15, 0.2) is 59.7 Å². The minimum absolute atomic E-state index is 0.0444. The number of nitrogens with one attached hydrogen (secondary N) is 1. The highest BCUT2D eigenvalue weighted by molar-refractivity contribution is 8.14. The predicted molar refractivity (Wildman–Crippen MR) is 115 cm³/mol. The molecule has 1 amide bonds. The fraction of sp³-hybridized carbons (Fsp3) is 0.238. The van der Waals surface area contributed by atoms with Crippen LogP contribution in [0.5, 0.6) is 0 Å². The summed E-state index contributed by atoms with van der Waals surface area (Å²) in [4.78, 5) is 22.8. The van der Waals surface area contributed by atoms with Crippen LogP contribution in [-0.4, -0.2) is 27.9 Å². The Kier molecular flexibility index (Phi) is 5.23. The molecule has 0 fully saturated rings. The SMILES string of the molecule is C[C@@H]1CSC(N(C(=O)CCc2c[nH]c3ccccc23)c2ccc(Cl)cc2)=N1. The molecule has 0 saturated heterocycles. The molecule has 1 aromatic heterocycles. The van der Waals surface area contributed by atoms with E-state index in [4.69, 9.17) is 11.6 Å². The molecule has 1 aliphatic rings. The molecule has 0 spiro atoms. The van der Waals surface area contributed by atoms with Crippen LogP contribution in [0.25, 0.3) is 10.9 Å². The van der Waals surface area contributed by atoms with Crippen LogP contribution in [0.4, 0.5) is 5.69 Å². The summed E-state index contributed by atoms with van der Waals surface area (Å²) in [6, 6.07) is 15.7. The van der Waals surface area contributed by atoms with E-state index in [2.05, 4.69) is 23.0 Å². The first kappa shape index (κ1) is 18.1. The zero-order valence-corrected chi connectivity index (χ0v) is 16.6. The van der Waals surface area contributed by atoms with Crippen LogP contribution < -0.4 is 4.90 Å². The summed E-state index contributed by atoms with van der Waals surface area (Å²) in [7, 11) is 0. The maximum absolute atomic E-state index is 13.1. The van der Waals surface area contributed by atoms with Crippen LogP contribution in [0.3, 0.4) is 0 Å². The normalized spacial score (nSPS) is 16.5. The lowest BCUT2D eigenvalue weighted by atomic mass is 10.1. The van der Waals surface area contributed by atoms with Crippen molar-refractivity contribution in [2.75, 3.05) is 10.7 Å². The summed E-state index contributed by atoms with van der Waals surface area (Å²) in [5, 5.41) is 2.60. The molecule has 6 heteroatoms. The number of rotatable bonds is 4. The van der Waals surface area contributed by atoms with Crippen molar-refractivity contribution in [3.05, 3.63) is 65.3 Å². The van der Waals surface area contributed by atoms with E-state index in [9.17, 15) is 4.79 Å². The first-order valence-electron chi connectivity index (χ1n) is 8.96. The third kappa shape index (κ3) is 3.89. The zero-order chi connectivity index (χ0) is 18.8. The van der Waals surface area contributed by atoms with Gasteiger partial charge in [0, 0.05) is 34.3 Å². The molecule has 2 aromatic carbocycles. The number of hydrogen-bond acceptors (Lipinski definition) is 3. The summed E-state index contributed by atoms with van der Waals surface area (Å²) in [5.41, 5.74) is 3.06. The van der Waals surface area contributed by atoms with Crippen molar-refractivity contribution in [1.82, 2.24) is 4.98 Å². The number of hydrogen-bond donors (Lipinski definition) is 1. The molecule has 0 aliphatic carbocycles. The van der Waals surface area contributed by atoms with Crippen molar-refractivity contribution in [3.63, 3.8) is 0 Å². The number of fused-ring (bicyclic) bond motifs is 1. The maximum atomic E-state index is 13.1. The molecule has 4 nitrogen and oxygen atoms in total. The number of H-pyrrole nitrogens is 1. The van der Waals surface area contributed by atoms with Crippen molar-refractivity contribution in [1.29, 1.82) is 0 Å². The molecule has 0 radical (unpaired) electrons. The van der Waals surface area contributed by atoms with Gasteiger partial charge in [-0.1, -0.05) is 41.6 Å². The third-order valence-electron chi connectivity index (χ3n) is 4.59. The van der Waals surface area contributed by atoms with Gasteiger partial charge in [0.1, 0.15) is 0 Å². The van der Waals surface area contributed by atoms with Gasteiger partial charge in [-0.25, -0.2) is 0 Å². The van der Waals surface area contributed by atoms with E-state index in [0.717, 1.165) is 27.7 Å². The minimum atomic E-state index is 0.0444. The highest BCUT2D eigenvalue weighted by Gasteiger charge is 2.26. The zero-order valence-electron chi connectivity index (χ0n) is 15.0. The molecule has 0 bridgehead atoms. The number of amides is 1. The number of aromatic nitrogens is 1. The Morgan fingerprint density at radius 2 is 2.04 bits per heavy atom. The summed E-state index contributed by atoms with van der Waals surface area (Å²) >= 11 is 7.65. The molecule has 1 atom stereocenters. The van der Waals surface area contributed by atoms with Crippen molar-refractivity contribution in [2.24, 2.45) is 4.99 Å². The lowest BCUT2D eigenvalue weighted by Crippen LogP contribution is -2.34. The minimum Gasteiger partial charge on any atom is -0.361 e. The average Bonchev–Trinajstić information content (AvgIpc) is 3.28. The van der Waals surface area contributed by atoms with Gasteiger partial charge in [0.2, 0.25) is 5.91 Å². The lowest BCUT2D eigenvalue weighted by molar-refractivity contribution is -0.117. The predicted octanol–water partition coefficient (Wildman–Crippen LogP) is 5.28. The molecule has 3 aromatic rings. The fourth-order valence-corrected chi connectivity index (χ4v) is 4.41. The number of benzene rings is 2. The molecule has 4 rings (SSSR count). The number of anilines is 1. The second-order valence-corrected chi connectivity index (χ2v) is 8.06. The third-order valence-corrected chi connectivity index (χ3v) is 6.04. The number of para-hydroxylation sites is 1. The van der Waals surface area contributed by atoms with Crippen LogP contribution in [0.2, 0.25) is 5.02 Å². The van der Waals surface area contributed by atoms with Crippen LogP contribution in [0.1, 0.15) is 18.9 Å². The first-order chi connectivity index (χ1) is 13.1. The van der Waals surface area contributed by atoms with Gasteiger partial charge in [0.25, 0.3) is 0 Å². The Morgan fingerprint density at radius 3 is 2.78 bits per heavy atom. The lowest BCUT2D eigenvalue weighted by Gasteiger charge is -2.22. The Balaban J connectivity index is 1.57. The van der Waals surface area contributed by atoms with Gasteiger partial charge in [-0.3, -0.25) is 14.7 Å². The highest BCUT2D eigenvalue weighted by Crippen LogP contribution is 2.28. The highest BCUT2D eigenvalue weighted by atomic mass is 35.5.